The van der Waals surface area contributed by atoms with E-state index in [1.807, 2.05) is 36.7 Å². The molecule has 0 aliphatic carbocycles. The second-order valence-electron chi connectivity index (χ2n) is 6.30. The van der Waals surface area contributed by atoms with Crippen LogP contribution < -0.4 is 15.0 Å². The maximum absolute atomic E-state index is 12.1. The van der Waals surface area contributed by atoms with Crippen molar-refractivity contribution in [2.24, 2.45) is 0 Å². The fourth-order valence-corrected chi connectivity index (χ4v) is 3.20. The maximum Gasteiger partial charge on any atom is 0.347 e. The van der Waals surface area contributed by atoms with Crippen LogP contribution in [0.15, 0.2) is 12.5 Å². The summed E-state index contributed by atoms with van der Waals surface area (Å²) in [5.74, 6) is 0.664. The Hall–Kier alpha value is -2.84. The first-order valence-corrected chi connectivity index (χ1v) is 9.21. The van der Waals surface area contributed by atoms with Crippen LogP contribution in [-0.4, -0.2) is 45.5 Å². The quantitative estimate of drug-likeness (QED) is 0.738. The van der Waals surface area contributed by atoms with Crippen molar-refractivity contribution in [1.82, 2.24) is 19.7 Å². The zero-order valence-electron chi connectivity index (χ0n) is 16.4. The Morgan fingerprint density at radius 3 is 2.74 bits per heavy atom. The molecule has 0 bridgehead atoms. The Morgan fingerprint density at radius 2 is 2.11 bits per heavy atom. The number of esters is 1. The number of rotatable bonds is 7. The fourth-order valence-electron chi connectivity index (χ4n) is 3.20. The van der Waals surface area contributed by atoms with Crippen LogP contribution >= 0.6 is 0 Å². The topological polar surface area (TPSA) is 94.4 Å². The van der Waals surface area contributed by atoms with Gasteiger partial charge in [0.05, 0.1) is 12.8 Å². The highest BCUT2D eigenvalue weighted by molar-refractivity contribution is 5.79. The number of carbonyl (C=O) groups is 1. The summed E-state index contributed by atoms with van der Waals surface area (Å²) in [7, 11) is 1.95. The number of carbonyl (C=O) groups excluding carboxylic acids is 1. The number of hydrogen-bond donors (Lipinski definition) is 1. The molecule has 1 N–H and O–H groups in total. The molecule has 0 aromatic carbocycles. The van der Waals surface area contributed by atoms with E-state index < -0.39 is 12.1 Å². The molecular weight excluding hydrogens is 348 g/mol. The monoisotopic (exact) mass is 374 g/mol. The Balaban J connectivity index is 1.88. The molecule has 0 fully saturated rings. The van der Waals surface area contributed by atoms with Crippen molar-refractivity contribution in [3.05, 3.63) is 23.8 Å². The lowest BCUT2D eigenvalue weighted by Gasteiger charge is -2.21. The van der Waals surface area contributed by atoms with Crippen LogP contribution in [0.4, 0.5) is 11.5 Å². The van der Waals surface area contributed by atoms with E-state index in [0.29, 0.717) is 30.4 Å². The van der Waals surface area contributed by atoms with E-state index in [0.717, 1.165) is 17.8 Å². The molecule has 0 amide bonds. The lowest BCUT2D eigenvalue weighted by atomic mass is 10.2. The molecule has 2 aromatic heterocycles. The van der Waals surface area contributed by atoms with Gasteiger partial charge < -0.3 is 19.7 Å². The van der Waals surface area contributed by atoms with Gasteiger partial charge in [0.1, 0.15) is 18.2 Å². The number of nitrogens with zero attached hydrogens (tertiary/aromatic N) is 5. The SMILES string of the molecule is CCOC(=O)C(CC)Oc1ncnc2c1NC(c1cnn(CC)c1C)N2C. The summed E-state index contributed by atoms with van der Waals surface area (Å²) < 4.78 is 12.9. The van der Waals surface area contributed by atoms with E-state index in [9.17, 15) is 4.79 Å². The highest BCUT2D eigenvalue weighted by atomic mass is 16.6. The van der Waals surface area contributed by atoms with Gasteiger partial charge in [-0.15, -0.1) is 0 Å². The van der Waals surface area contributed by atoms with Crippen molar-refractivity contribution in [3.63, 3.8) is 0 Å². The zero-order valence-corrected chi connectivity index (χ0v) is 16.4. The average Bonchev–Trinajstić information content (AvgIpc) is 3.20. The molecular formula is C18H26N6O3. The van der Waals surface area contributed by atoms with E-state index in [1.165, 1.54) is 6.33 Å². The van der Waals surface area contributed by atoms with E-state index in [2.05, 4.69) is 27.3 Å². The third-order valence-corrected chi connectivity index (χ3v) is 4.70. The number of fused-ring (bicyclic) bond motifs is 1. The van der Waals surface area contributed by atoms with Crippen molar-refractivity contribution >= 4 is 17.5 Å². The Bertz CT molecular complexity index is 821. The van der Waals surface area contributed by atoms with Crippen LogP contribution in [0.3, 0.4) is 0 Å². The van der Waals surface area contributed by atoms with E-state index in [4.69, 9.17) is 9.47 Å². The van der Waals surface area contributed by atoms with Gasteiger partial charge in [-0.05, 0) is 27.2 Å². The predicted octanol–water partition coefficient (Wildman–Crippen LogP) is 2.28. The third kappa shape index (κ3) is 3.41. The minimum absolute atomic E-state index is 0.137. The number of aromatic nitrogens is 4. The molecule has 0 radical (unpaired) electrons. The second kappa shape index (κ2) is 7.81. The molecule has 1 aliphatic heterocycles. The van der Waals surface area contributed by atoms with Crippen LogP contribution in [0.1, 0.15) is 44.6 Å². The summed E-state index contributed by atoms with van der Waals surface area (Å²) in [5, 5.41) is 7.84. The Labute approximate surface area is 158 Å². The Morgan fingerprint density at radius 1 is 1.33 bits per heavy atom. The van der Waals surface area contributed by atoms with Gasteiger partial charge in [0, 0.05) is 24.8 Å². The van der Waals surface area contributed by atoms with Gasteiger partial charge in [-0.25, -0.2) is 9.78 Å². The number of aryl methyl sites for hydroxylation is 1. The van der Waals surface area contributed by atoms with E-state index >= 15 is 0 Å². The van der Waals surface area contributed by atoms with Gasteiger partial charge in [-0.2, -0.15) is 10.1 Å². The van der Waals surface area contributed by atoms with Crippen LogP contribution in [0.25, 0.3) is 0 Å². The molecule has 27 heavy (non-hydrogen) atoms. The molecule has 9 heteroatoms. The molecule has 2 unspecified atom stereocenters. The molecule has 0 saturated carbocycles. The number of anilines is 2. The molecule has 3 heterocycles. The molecule has 3 rings (SSSR count). The van der Waals surface area contributed by atoms with Crippen LogP contribution in [0.2, 0.25) is 0 Å². The van der Waals surface area contributed by atoms with Gasteiger partial charge >= 0.3 is 5.97 Å². The summed E-state index contributed by atoms with van der Waals surface area (Å²) in [6.07, 6.45) is 2.94. The van der Waals surface area contributed by atoms with Crippen molar-refractivity contribution in [1.29, 1.82) is 0 Å². The largest absolute Gasteiger partial charge is 0.463 e. The minimum Gasteiger partial charge on any atom is -0.463 e. The second-order valence-corrected chi connectivity index (χ2v) is 6.30. The lowest BCUT2D eigenvalue weighted by molar-refractivity contribution is -0.151. The standard InChI is InChI=1S/C18H26N6O3/c1-6-13(18(25)26-8-3)27-17-14-16(19-10-20-17)23(5)15(22-14)12-9-21-24(7-2)11(12)4/h9-10,13,15,22H,6-8H2,1-5H3. The molecule has 0 spiro atoms. The van der Waals surface area contributed by atoms with Crippen LogP contribution in [0, 0.1) is 6.92 Å². The molecule has 9 nitrogen and oxygen atoms in total. The highest BCUT2D eigenvalue weighted by Crippen LogP contribution is 2.43. The normalized spacial score (nSPS) is 16.6. The minimum atomic E-state index is -0.709. The first kappa shape index (κ1) is 18.9. The third-order valence-electron chi connectivity index (χ3n) is 4.70. The summed E-state index contributed by atoms with van der Waals surface area (Å²) in [5.41, 5.74) is 2.81. The molecule has 1 aliphatic rings. The summed E-state index contributed by atoms with van der Waals surface area (Å²) in [4.78, 5) is 22.7. The first-order valence-electron chi connectivity index (χ1n) is 9.21. The van der Waals surface area contributed by atoms with E-state index in [-0.39, 0.29) is 6.17 Å². The Kier molecular flexibility index (Phi) is 5.48. The van der Waals surface area contributed by atoms with Gasteiger partial charge in [0.25, 0.3) is 0 Å². The van der Waals surface area contributed by atoms with Gasteiger partial charge in [-0.1, -0.05) is 6.92 Å². The van der Waals surface area contributed by atoms with Crippen LogP contribution in [-0.2, 0) is 16.1 Å². The van der Waals surface area contributed by atoms with E-state index in [1.54, 1.807) is 6.92 Å². The summed E-state index contributed by atoms with van der Waals surface area (Å²) >= 11 is 0. The molecule has 0 saturated heterocycles. The highest BCUT2D eigenvalue weighted by Gasteiger charge is 2.34. The smallest absolute Gasteiger partial charge is 0.347 e. The number of nitrogens with one attached hydrogen (secondary N) is 1. The van der Waals surface area contributed by atoms with Crippen molar-refractivity contribution < 1.29 is 14.3 Å². The van der Waals surface area contributed by atoms with Crippen LogP contribution in [0.5, 0.6) is 5.88 Å². The van der Waals surface area contributed by atoms with Gasteiger partial charge in [-0.3, -0.25) is 4.68 Å². The lowest BCUT2D eigenvalue weighted by Crippen LogP contribution is -2.29. The predicted molar refractivity (Wildman–Crippen MR) is 101 cm³/mol. The molecule has 146 valence electrons. The summed E-state index contributed by atoms with van der Waals surface area (Å²) in [6.45, 7) is 8.86. The number of ether oxygens (including phenoxy) is 2. The van der Waals surface area contributed by atoms with Crippen molar-refractivity contribution in [2.45, 2.75) is 52.9 Å². The maximum atomic E-state index is 12.1. The molecule has 2 aromatic rings. The zero-order chi connectivity index (χ0) is 19.6. The molecule has 2 atom stereocenters. The average molecular weight is 374 g/mol. The fraction of sp³-hybridized carbons (Fsp3) is 0.556. The van der Waals surface area contributed by atoms with Gasteiger partial charge in [0.15, 0.2) is 11.9 Å². The van der Waals surface area contributed by atoms with Crippen molar-refractivity contribution in [3.8, 4) is 5.88 Å². The number of hydrogen-bond acceptors (Lipinski definition) is 8. The van der Waals surface area contributed by atoms with Crippen molar-refractivity contribution in [2.75, 3.05) is 23.9 Å². The summed E-state index contributed by atoms with van der Waals surface area (Å²) in [6, 6.07) is 0. The van der Waals surface area contributed by atoms with Gasteiger partial charge in [0.2, 0.25) is 5.88 Å². The first-order chi connectivity index (χ1) is 13.0.